The zero-order chi connectivity index (χ0) is 14.7. The molecule has 0 aliphatic rings. The van der Waals surface area contributed by atoms with Gasteiger partial charge in [0.25, 0.3) is 0 Å². The van der Waals surface area contributed by atoms with Gasteiger partial charge in [0.15, 0.2) is 0 Å². The Bertz CT molecular complexity index is 627. The molecule has 3 nitrogen and oxygen atoms in total. The van der Waals surface area contributed by atoms with Gasteiger partial charge in [-0.05, 0) is 42.9 Å². The lowest BCUT2D eigenvalue weighted by molar-refractivity contribution is 0.321. The standard InChI is InChI=1S/C14H15ClFN3S/c1-19(8-12-2-3-13(15)20-12)7-9-4-10(14(17)18)6-11(16)5-9/h2-6H,7-8H2,1H3,(H3,17,18). The van der Waals surface area contributed by atoms with E-state index in [1.54, 1.807) is 6.07 Å². The molecule has 0 saturated heterocycles. The van der Waals surface area contributed by atoms with Gasteiger partial charge in [-0.2, -0.15) is 0 Å². The van der Waals surface area contributed by atoms with Crippen LogP contribution in [0.2, 0.25) is 4.34 Å². The van der Waals surface area contributed by atoms with Crippen LogP contribution in [0, 0.1) is 11.2 Å². The summed E-state index contributed by atoms with van der Waals surface area (Å²) in [6.45, 7) is 1.32. The van der Waals surface area contributed by atoms with E-state index >= 15 is 0 Å². The lowest BCUT2D eigenvalue weighted by atomic mass is 10.1. The van der Waals surface area contributed by atoms with E-state index in [9.17, 15) is 4.39 Å². The maximum atomic E-state index is 13.5. The molecule has 1 aromatic carbocycles. The number of nitrogens with two attached hydrogens (primary N) is 1. The Kier molecular flexibility index (Phi) is 4.75. The Hall–Kier alpha value is -1.43. The normalized spacial score (nSPS) is 11.0. The lowest BCUT2D eigenvalue weighted by Gasteiger charge is -2.16. The number of amidine groups is 1. The van der Waals surface area contributed by atoms with Gasteiger partial charge in [0.1, 0.15) is 11.7 Å². The average molecular weight is 312 g/mol. The van der Waals surface area contributed by atoms with Crippen molar-refractivity contribution in [3.05, 3.63) is 56.5 Å². The summed E-state index contributed by atoms with van der Waals surface area (Å²) in [5, 5.41) is 7.38. The molecule has 0 saturated carbocycles. The Morgan fingerprint density at radius 2 is 2.10 bits per heavy atom. The second-order valence-electron chi connectivity index (χ2n) is 4.64. The zero-order valence-corrected chi connectivity index (χ0v) is 12.6. The number of halogens is 2. The smallest absolute Gasteiger partial charge is 0.124 e. The Morgan fingerprint density at radius 3 is 2.70 bits per heavy atom. The summed E-state index contributed by atoms with van der Waals surface area (Å²) in [6.07, 6.45) is 0. The van der Waals surface area contributed by atoms with Gasteiger partial charge in [-0.1, -0.05) is 11.6 Å². The molecule has 3 N–H and O–H groups in total. The molecular weight excluding hydrogens is 297 g/mol. The van der Waals surface area contributed by atoms with Crippen LogP contribution in [-0.2, 0) is 13.1 Å². The van der Waals surface area contributed by atoms with Gasteiger partial charge in [-0.15, -0.1) is 11.3 Å². The van der Waals surface area contributed by atoms with Crippen molar-refractivity contribution in [2.24, 2.45) is 5.73 Å². The third-order valence-corrected chi connectivity index (χ3v) is 3.99. The van der Waals surface area contributed by atoms with Crippen molar-refractivity contribution in [2.75, 3.05) is 7.05 Å². The second-order valence-corrected chi connectivity index (χ2v) is 6.44. The van der Waals surface area contributed by atoms with Gasteiger partial charge >= 0.3 is 0 Å². The summed E-state index contributed by atoms with van der Waals surface area (Å²) in [5.41, 5.74) is 6.60. The predicted octanol–water partition coefficient (Wildman–Crippen LogP) is 3.46. The number of hydrogen-bond donors (Lipinski definition) is 2. The van der Waals surface area contributed by atoms with E-state index in [0.29, 0.717) is 12.1 Å². The Balaban J connectivity index is 2.07. The van der Waals surface area contributed by atoms with Crippen LogP contribution < -0.4 is 5.73 Å². The molecule has 2 rings (SSSR count). The first kappa shape index (κ1) is 15.0. The number of nitrogens with zero attached hydrogens (tertiary/aromatic N) is 1. The summed E-state index contributed by atoms with van der Waals surface area (Å²) in [4.78, 5) is 3.21. The monoisotopic (exact) mass is 311 g/mol. The molecule has 106 valence electrons. The zero-order valence-electron chi connectivity index (χ0n) is 11.0. The SMILES string of the molecule is CN(Cc1cc(F)cc(C(=N)N)c1)Cc1ccc(Cl)s1. The maximum Gasteiger partial charge on any atom is 0.124 e. The molecule has 20 heavy (non-hydrogen) atoms. The lowest BCUT2D eigenvalue weighted by Crippen LogP contribution is -2.18. The molecule has 0 aliphatic heterocycles. The van der Waals surface area contributed by atoms with Crippen molar-refractivity contribution in [1.29, 1.82) is 5.41 Å². The molecule has 0 fully saturated rings. The first-order valence-corrected chi connectivity index (χ1v) is 7.20. The Labute approximate surface area is 126 Å². The van der Waals surface area contributed by atoms with Crippen LogP contribution in [0.5, 0.6) is 0 Å². The molecule has 0 radical (unpaired) electrons. The van der Waals surface area contributed by atoms with Gasteiger partial charge in [-0.3, -0.25) is 10.3 Å². The van der Waals surface area contributed by atoms with E-state index in [1.165, 1.54) is 23.5 Å². The molecular formula is C14H15ClFN3S. The highest BCUT2D eigenvalue weighted by atomic mass is 35.5. The van der Waals surface area contributed by atoms with Crippen LogP contribution in [0.1, 0.15) is 16.0 Å². The van der Waals surface area contributed by atoms with Crippen LogP contribution in [0.3, 0.4) is 0 Å². The summed E-state index contributed by atoms with van der Waals surface area (Å²) >= 11 is 7.43. The summed E-state index contributed by atoms with van der Waals surface area (Å²) < 4.78 is 14.2. The van der Waals surface area contributed by atoms with Crippen LogP contribution in [-0.4, -0.2) is 17.8 Å². The average Bonchev–Trinajstić information content (AvgIpc) is 2.73. The van der Waals surface area contributed by atoms with E-state index in [-0.39, 0.29) is 11.7 Å². The topological polar surface area (TPSA) is 53.1 Å². The summed E-state index contributed by atoms with van der Waals surface area (Å²) in [7, 11) is 1.95. The summed E-state index contributed by atoms with van der Waals surface area (Å²) in [6, 6.07) is 8.32. The molecule has 1 aromatic heterocycles. The van der Waals surface area contributed by atoms with Gasteiger partial charge in [0.05, 0.1) is 4.34 Å². The number of rotatable bonds is 5. The van der Waals surface area contributed by atoms with Crippen molar-refractivity contribution in [3.8, 4) is 0 Å². The molecule has 2 aromatic rings. The first-order chi connectivity index (χ1) is 9.44. The van der Waals surface area contributed by atoms with Crippen LogP contribution >= 0.6 is 22.9 Å². The van der Waals surface area contributed by atoms with Gasteiger partial charge in [0, 0.05) is 23.5 Å². The van der Waals surface area contributed by atoms with Crippen molar-refractivity contribution in [2.45, 2.75) is 13.1 Å². The van der Waals surface area contributed by atoms with Crippen molar-refractivity contribution >= 4 is 28.8 Å². The highest BCUT2D eigenvalue weighted by Gasteiger charge is 2.07. The molecule has 0 spiro atoms. The first-order valence-electron chi connectivity index (χ1n) is 6.00. The largest absolute Gasteiger partial charge is 0.384 e. The van der Waals surface area contributed by atoms with Crippen molar-refractivity contribution < 1.29 is 4.39 Å². The maximum absolute atomic E-state index is 13.5. The number of benzene rings is 1. The highest BCUT2D eigenvalue weighted by Crippen LogP contribution is 2.23. The van der Waals surface area contributed by atoms with Gasteiger partial charge < -0.3 is 5.73 Å². The highest BCUT2D eigenvalue weighted by molar-refractivity contribution is 7.16. The van der Waals surface area contributed by atoms with Crippen LogP contribution in [0.4, 0.5) is 4.39 Å². The minimum absolute atomic E-state index is 0.126. The number of thiophene rings is 1. The minimum Gasteiger partial charge on any atom is -0.384 e. The van der Waals surface area contributed by atoms with E-state index in [4.69, 9.17) is 22.7 Å². The molecule has 0 aliphatic carbocycles. The molecule has 0 unspecified atom stereocenters. The number of nitrogen functional groups attached to an aromatic ring is 1. The third kappa shape index (κ3) is 4.03. The second kappa shape index (κ2) is 6.35. The fourth-order valence-electron chi connectivity index (χ4n) is 1.97. The molecule has 6 heteroatoms. The van der Waals surface area contributed by atoms with E-state index in [2.05, 4.69) is 4.90 Å². The molecule has 0 bridgehead atoms. The Morgan fingerprint density at radius 1 is 1.35 bits per heavy atom. The van der Waals surface area contributed by atoms with E-state index < -0.39 is 0 Å². The third-order valence-electron chi connectivity index (χ3n) is 2.78. The fraction of sp³-hybridized carbons (Fsp3) is 0.214. The van der Waals surface area contributed by atoms with Crippen molar-refractivity contribution in [1.82, 2.24) is 4.90 Å². The van der Waals surface area contributed by atoms with Gasteiger partial charge in [0.2, 0.25) is 0 Å². The molecule has 1 heterocycles. The van der Waals surface area contributed by atoms with Gasteiger partial charge in [-0.25, -0.2) is 4.39 Å². The molecule has 0 atom stereocenters. The van der Waals surface area contributed by atoms with Crippen LogP contribution in [0.15, 0.2) is 30.3 Å². The predicted molar refractivity (Wildman–Crippen MR) is 81.9 cm³/mol. The van der Waals surface area contributed by atoms with E-state index in [0.717, 1.165) is 21.3 Å². The van der Waals surface area contributed by atoms with Crippen molar-refractivity contribution in [3.63, 3.8) is 0 Å². The molecule has 0 amide bonds. The quantitative estimate of drug-likeness (QED) is 0.656. The van der Waals surface area contributed by atoms with E-state index in [1.807, 2.05) is 19.2 Å². The van der Waals surface area contributed by atoms with Crippen LogP contribution in [0.25, 0.3) is 0 Å². The summed E-state index contributed by atoms with van der Waals surface area (Å²) in [5.74, 6) is -0.501. The number of nitrogens with one attached hydrogen (secondary N) is 1. The fourth-order valence-corrected chi connectivity index (χ4v) is 3.14. The minimum atomic E-state index is -0.375. The number of hydrogen-bond acceptors (Lipinski definition) is 3.